The van der Waals surface area contributed by atoms with Gasteiger partial charge in [-0.15, -0.1) is 11.3 Å². The van der Waals surface area contributed by atoms with E-state index in [0.717, 1.165) is 17.1 Å². The van der Waals surface area contributed by atoms with Crippen molar-refractivity contribution in [3.8, 4) is 0 Å². The second kappa shape index (κ2) is 4.20. The molecule has 4 heteroatoms. The van der Waals surface area contributed by atoms with Crippen molar-refractivity contribution in [1.82, 2.24) is 4.98 Å². The smallest absolute Gasteiger partial charge is 0.264 e. The van der Waals surface area contributed by atoms with Crippen LogP contribution in [0.1, 0.15) is 47.1 Å². The zero-order valence-corrected chi connectivity index (χ0v) is 9.50. The summed E-state index contributed by atoms with van der Waals surface area (Å²) >= 11 is 6.84. The van der Waals surface area contributed by atoms with Crippen LogP contribution in [0.4, 0.5) is 0 Å². The minimum absolute atomic E-state index is 0.361. The molecule has 72 valence electrons. The number of hydrogen-bond donors (Lipinski definition) is 0. The third-order valence-corrected chi connectivity index (χ3v) is 3.42. The molecule has 0 radical (unpaired) electrons. The van der Waals surface area contributed by atoms with E-state index < -0.39 is 0 Å². The summed E-state index contributed by atoms with van der Waals surface area (Å²) in [5, 5.41) is 0.599. The summed E-state index contributed by atoms with van der Waals surface area (Å²) in [6.45, 7) is 6.09. The second-order valence-corrected chi connectivity index (χ2v) is 4.48. The maximum Gasteiger partial charge on any atom is 0.264 e. The molecule has 0 atom stereocenters. The van der Waals surface area contributed by atoms with Crippen LogP contribution in [-0.4, -0.2) is 10.2 Å². The minimum Gasteiger partial charge on any atom is -0.275 e. The first-order valence-electron chi connectivity index (χ1n) is 4.25. The van der Waals surface area contributed by atoms with Gasteiger partial charge in [-0.25, -0.2) is 4.98 Å². The van der Waals surface area contributed by atoms with Crippen molar-refractivity contribution in [3.05, 3.63) is 15.6 Å². The van der Waals surface area contributed by atoms with Crippen molar-refractivity contribution in [3.63, 3.8) is 0 Å². The highest BCUT2D eigenvalue weighted by Crippen LogP contribution is 2.26. The molecule has 0 N–H and O–H groups in total. The molecular weight excluding hydrogens is 206 g/mol. The predicted molar refractivity (Wildman–Crippen MR) is 55.8 cm³/mol. The first-order valence-corrected chi connectivity index (χ1v) is 5.45. The highest BCUT2D eigenvalue weighted by Gasteiger charge is 2.16. The maximum atomic E-state index is 11.0. The van der Waals surface area contributed by atoms with E-state index in [-0.39, 0.29) is 5.24 Å². The Morgan fingerprint density at radius 3 is 2.54 bits per heavy atom. The normalized spacial score (nSPS) is 10.8. The van der Waals surface area contributed by atoms with Gasteiger partial charge in [-0.2, -0.15) is 0 Å². The molecule has 0 unspecified atom stereocenters. The SMILES string of the molecule is CCc1nc(C(C)C)sc1C(=O)Cl. The topological polar surface area (TPSA) is 30.0 Å². The number of carbonyl (C=O) groups excluding carboxylic acids is 1. The van der Waals surface area contributed by atoms with E-state index >= 15 is 0 Å². The number of rotatable bonds is 3. The molecule has 0 saturated carbocycles. The molecule has 1 aromatic heterocycles. The highest BCUT2D eigenvalue weighted by molar-refractivity contribution is 7.15. The lowest BCUT2D eigenvalue weighted by molar-refractivity contribution is 0.108. The number of thiazole rings is 1. The Bertz CT molecular complexity index is 319. The molecule has 0 aliphatic heterocycles. The van der Waals surface area contributed by atoms with E-state index in [1.54, 1.807) is 0 Å². The summed E-state index contributed by atoms with van der Waals surface area (Å²) in [5.74, 6) is 0.361. The van der Waals surface area contributed by atoms with Gasteiger partial charge in [-0.05, 0) is 18.0 Å². The minimum atomic E-state index is -0.388. The lowest BCUT2D eigenvalue weighted by atomic mass is 10.2. The third kappa shape index (κ3) is 2.29. The zero-order chi connectivity index (χ0) is 10.0. The summed E-state index contributed by atoms with van der Waals surface area (Å²) in [6, 6.07) is 0. The molecule has 1 aromatic rings. The zero-order valence-electron chi connectivity index (χ0n) is 7.93. The van der Waals surface area contributed by atoms with Crippen LogP contribution >= 0.6 is 22.9 Å². The highest BCUT2D eigenvalue weighted by atomic mass is 35.5. The Morgan fingerprint density at radius 2 is 2.23 bits per heavy atom. The molecule has 0 spiro atoms. The van der Waals surface area contributed by atoms with E-state index in [1.165, 1.54) is 11.3 Å². The number of aryl methyl sites for hydroxylation is 1. The summed E-state index contributed by atoms with van der Waals surface area (Å²) in [7, 11) is 0. The molecule has 2 nitrogen and oxygen atoms in total. The Kier molecular flexibility index (Phi) is 3.45. The summed E-state index contributed by atoms with van der Waals surface area (Å²) in [6.07, 6.45) is 0.761. The molecule has 0 fully saturated rings. The first-order chi connectivity index (χ1) is 6.06. The quantitative estimate of drug-likeness (QED) is 0.728. The molecule has 0 aliphatic rings. The Labute approximate surface area is 86.9 Å². The van der Waals surface area contributed by atoms with Crippen LogP contribution in [0.5, 0.6) is 0 Å². The van der Waals surface area contributed by atoms with E-state index in [4.69, 9.17) is 11.6 Å². The number of halogens is 1. The molecule has 13 heavy (non-hydrogen) atoms. The summed E-state index contributed by atoms with van der Waals surface area (Å²) in [4.78, 5) is 16.0. The molecular formula is C9H12ClNOS. The summed E-state index contributed by atoms with van der Waals surface area (Å²) < 4.78 is 0. The molecule has 0 aromatic carbocycles. The first kappa shape index (κ1) is 10.7. The maximum absolute atomic E-state index is 11.0. The van der Waals surface area contributed by atoms with Gasteiger partial charge in [0.2, 0.25) is 0 Å². The van der Waals surface area contributed by atoms with Crippen LogP contribution in [0, 0.1) is 0 Å². The fraction of sp³-hybridized carbons (Fsp3) is 0.556. The predicted octanol–water partition coefficient (Wildman–Crippen LogP) is 3.21. The third-order valence-electron chi connectivity index (χ3n) is 1.72. The molecule has 0 saturated heterocycles. The van der Waals surface area contributed by atoms with Gasteiger partial charge >= 0.3 is 0 Å². The van der Waals surface area contributed by atoms with Gasteiger partial charge in [0.1, 0.15) is 4.88 Å². The van der Waals surface area contributed by atoms with E-state index in [2.05, 4.69) is 18.8 Å². The molecule has 0 bridgehead atoms. The Hall–Kier alpha value is -0.410. The van der Waals surface area contributed by atoms with Gasteiger partial charge in [0, 0.05) is 5.92 Å². The molecule has 0 amide bonds. The van der Waals surface area contributed by atoms with Crippen LogP contribution in [0.2, 0.25) is 0 Å². The number of hydrogen-bond acceptors (Lipinski definition) is 3. The van der Waals surface area contributed by atoms with Crippen LogP contribution in [-0.2, 0) is 6.42 Å². The van der Waals surface area contributed by atoms with Crippen LogP contribution in [0.25, 0.3) is 0 Å². The molecule has 1 rings (SSSR count). The van der Waals surface area contributed by atoms with Crippen LogP contribution in [0.3, 0.4) is 0 Å². The van der Waals surface area contributed by atoms with Crippen molar-refractivity contribution in [2.24, 2.45) is 0 Å². The fourth-order valence-electron chi connectivity index (χ4n) is 1.01. The average Bonchev–Trinajstić information content (AvgIpc) is 2.47. The van der Waals surface area contributed by atoms with E-state index in [9.17, 15) is 4.79 Å². The van der Waals surface area contributed by atoms with Crippen molar-refractivity contribution in [2.45, 2.75) is 33.1 Å². The lowest BCUT2D eigenvalue weighted by Gasteiger charge is -1.95. The average molecular weight is 218 g/mol. The summed E-state index contributed by atoms with van der Waals surface area (Å²) in [5.41, 5.74) is 0.828. The van der Waals surface area contributed by atoms with Crippen molar-refractivity contribution >= 4 is 28.2 Å². The standard InChI is InChI=1S/C9H12ClNOS/c1-4-6-7(8(10)12)13-9(11-6)5(2)3/h5H,4H2,1-3H3. The van der Waals surface area contributed by atoms with Gasteiger partial charge < -0.3 is 0 Å². The lowest BCUT2D eigenvalue weighted by Crippen LogP contribution is -1.91. The van der Waals surface area contributed by atoms with Crippen molar-refractivity contribution in [1.29, 1.82) is 0 Å². The second-order valence-electron chi connectivity index (χ2n) is 3.11. The number of aromatic nitrogens is 1. The van der Waals surface area contributed by atoms with Crippen molar-refractivity contribution in [2.75, 3.05) is 0 Å². The van der Waals surface area contributed by atoms with Gasteiger partial charge in [-0.1, -0.05) is 20.8 Å². The van der Waals surface area contributed by atoms with Gasteiger partial charge in [0.05, 0.1) is 10.7 Å². The van der Waals surface area contributed by atoms with E-state index in [1.807, 2.05) is 6.92 Å². The number of nitrogens with zero attached hydrogens (tertiary/aromatic N) is 1. The van der Waals surface area contributed by atoms with E-state index in [0.29, 0.717) is 10.8 Å². The van der Waals surface area contributed by atoms with Gasteiger partial charge in [0.25, 0.3) is 5.24 Å². The fourth-order valence-corrected chi connectivity index (χ4v) is 2.22. The van der Waals surface area contributed by atoms with Gasteiger partial charge in [0.15, 0.2) is 0 Å². The van der Waals surface area contributed by atoms with Crippen LogP contribution in [0.15, 0.2) is 0 Å². The van der Waals surface area contributed by atoms with Crippen LogP contribution < -0.4 is 0 Å². The van der Waals surface area contributed by atoms with Gasteiger partial charge in [-0.3, -0.25) is 4.79 Å². The Morgan fingerprint density at radius 1 is 1.62 bits per heavy atom. The Balaban J connectivity index is 3.11. The molecule has 1 heterocycles. The van der Waals surface area contributed by atoms with Crippen molar-refractivity contribution < 1.29 is 4.79 Å². The monoisotopic (exact) mass is 217 g/mol. The number of carbonyl (C=O) groups is 1. The largest absolute Gasteiger partial charge is 0.275 e. The molecule has 0 aliphatic carbocycles.